The second kappa shape index (κ2) is 6.64. The third-order valence-electron chi connectivity index (χ3n) is 3.03. The normalized spacial score (nSPS) is 12.4. The summed E-state index contributed by atoms with van der Waals surface area (Å²) in [5, 5.41) is 3.82. The van der Waals surface area contributed by atoms with Crippen molar-refractivity contribution in [1.82, 2.24) is 10.3 Å². The minimum absolute atomic E-state index is 0.0300. The Morgan fingerprint density at radius 1 is 1.26 bits per heavy atom. The SMILES string of the molecule is CCNC(Cc1c(F)cccc1Cl)c1ccncc1. The van der Waals surface area contributed by atoms with Crippen LogP contribution in [0.25, 0.3) is 0 Å². The Balaban J connectivity index is 2.27. The first kappa shape index (κ1) is 14.0. The Hall–Kier alpha value is -1.45. The van der Waals surface area contributed by atoms with E-state index >= 15 is 0 Å². The van der Waals surface area contributed by atoms with E-state index < -0.39 is 0 Å². The second-order valence-corrected chi connectivity index (χ2v) is 4.70. The largest absolute Gasteiger partial charge is 0.310 e. The number of benzene rings is 1. The van der Waals surface area contributed by atoms with E-state index in [1.165, 1.54) is 6.07 Å². The highest BCUT2D eigenvalue weighted by atomic mass is 35.5. The third-order valence-corrected chi connectivity index (χ3v) is 3.38. The van der Waals surface area contributed by atoms with Crippen molar-refractivity contribution in [3.8, 4) is 0 Å². The lowest BCUT2D eigenvalue weighted by Crippen LogP contribution is -2.23. The van der Waals surface area contributed by atoms with Crippen LogP contribution in [0.4, 0.5) is 4.39 Å². The summed E-state index contributed by atoms with van der Waals surface area (Å²) >= 11 is 6.08. The molecule has 0 aliphatic rings. The van der Waals surface area contributed by atoms with Gasteiger partial charge in [-0.2, -0.15) is 0 Å². The average molecular weight is 279 g/mol. The predicted octanol–water partition coefficient (Wildman–Crippen LogP) is 3.77. The molecule has 1 N–H and O–H groups in total. The van der Waals surface area contributed by atoms with E-state index in [0.29, 0.717) is 17.0 Å². The van der Waals surface area contributed by atoms with E-state index in [1.54, 1.807) is 24.5 Å². The maximum absolute atomic E-state index is 13.8. The Kier molecular flexibility index (Phi) is 4.88. The van der Waals surface area contributed by atoms with Crippen molar-refractivity contribution < 1.29 is 4.39 Å². The van der Waals surface area contributed by atoms with Gasteiger partial charge in [-0.25, -0.2) is 4.39 Å². The molecule has 0 spiro atoms. The van der Waals surface area contributed by atoms with Gasteiger partial charge in [0.1, 0.15) is 5.82 Å². The van der Waals surface area contributed by atoms with Gasteiger partial charge in [0.25, 0.3) is 0 Å². The van der Waals surface area contributed by atoms with E-state index in [1.807, 2.05) is 19.1 Å². The van der Waals surface area contributed by atoms with Crippen molar-refractivity contribution in [2.75, 3.05) is 6.54 Å². The van der Waals surface area contributed by atoms with E-state index in [9.17, 15) is 4.39 Å². The summed E-state index contributed by atoms with van der Waals surface area (Å²) < 4.78 is 13.8. The molecule has 0 radical (unpaired) electrons. The lowest BCUT2D eigenvalue weighted by molar-refractivity contribution is 0.527. The van der Waals surface area contributed by atoms with Crippen LogP contribution in [0.5, 0.6) is 0 Å². The molecule has 0 fully saturated rings. The van der Waals surface area contributed by atoms with Crippen LogP contribution in [0.3, 0.4) is 0 Å². The molecule has 1 aromatic carbocycles. The smallest absolute Gasteiger partial charge is 0.127 e. The number of hydrogen-bond donors (Lipinski definition) is 1. The fourth-order valence-corrected chi connectivity index (χ4v) is 2.32. The number of aromatic nitrogens is 1. The quantitative estimate of drug-likeness (QED) is 0.901. The van der Waals surface area contributed by atoms with Gasteiger partial charge in [0.05, 0.1) is 0 Å². The third kappa shape index (κ3) is 3.52. The number of likely N-dealkylation sites (N-methyl/N-ethyl adjacent to an activating group) is 1. The van der Waals surface area contributed by atoms with Crippen molar-refractivity contribution in [1.29, 1.82) is 0 Å². The number of hydrogen-bond acceptors (Lipinski definition) is 2. The van der Waals surface area contributed by atoms with Crippen molar-refractivity contribution in [3.63, 3.8) is 0 Å². The molecule has 4 heteroatoms. The molecule has 0 saturated heterocycles. The lowest BCUT2D eigenvalue weighted by Gasteiger charge is -2.19. The molecule has 2 aromatic rings. The van der Waals surface area contributed by atoms with Crippen LogP contribution in [0.1, 0.15) is 24.1 Å². The zero-order valence-corrected chi connectivity index (χ0v) is 11.5. The topological polar surface area (TPSA) is 24.9 Å². The van der Waals surface area contributed by atoms with Gasteiger partial charge >= 0.3 is 0 Å². The average Bonchev–Trinajstić information content (AvgIpc) is 2.43. The Morgan fingerprint density at radius 3 is 2.63 bits per heavy atom. The number of nitrogens with zero attached hydrogens (tertiary/aromatic N) is 1. The maximum Gasteiger partial charge on any atom is 0.127 e. The lowest BCUT2D eigenvalue weighted by atomic mass is 9.99. The molecule has 1 unspecified atom stereocenters. The van der Waals surface area contributed by atoms with Crippen molar-refractivity contribution in [2.24, 2.45) is 0 Å². The van der Waals surface area contributed by atoms with Crippen LogP contribution < -0.4 is 5.32 Å². The molecule has 1 heterocycles. The minimum atomic E-state index is -0.260. The van der Waals surface area contributed by atoms with Gasteiger partial charge in [0, 0.05) is 29.0 Å². The fourth-order valence-electron chi connectivity index (χ4n) is 2.08. The van der Waals surface area contributed by atoms with E-state index in [-0.39, 0.29) is 11.9 Å². The summed E-state index contributed by atoms with van der Waals surface area (Å²) in [7, 11) is 0. The Labute approximate surface area is 117 Å². The van der Waals surface area contributed by atoms with Gasteiger partial charge < -0.3 is 5.32 Å². The Morgan fingerprint density at radius 2 is 2.00 bits per heavy atom. The van der Waals surface area contributed by atoms with Crippen molar-refractivity contribution in [3.05, 3.63) is 64.7 Å². The zero-order valence-electron chi connectivity index (χ0n) is 10.7. The highest BCUT2D eigenvalue weighted by Crippen LogP contribution is 2.25. The first-order valence-corrected chi connectivity index (χ1v) is 6.66. The molecular weight excluding hydrogens is 263 g/mol. The summed E-state index contributed by atoms with van der Waals surface area (Å²) in [5.41, 5.74) is 1.63. The molecule has 1 atom stereocenters. The molecule has 2 nitrogen and oxygen atoms in total. The number of halogens is 2. The summed E-state index contributed by atoms with van der Waals surface area (Å²) in [6.07, 6.45) is 3.99. The molecule has 0 bridgehead atoms. The molecule has 100 valence electrons. The molecule has 1 aromatic heterocycles. The van der Waals surface area contributed by atoms with E-state index in [0.717, 1.165) is 12.1 Å². The zero-order chi connectivity index (χ0) is 13.7. The van der Waals surface area contributed by atoms with Crippen LogP contribution in [-0.4, -0.2) is 11.5 Å². The predicted molar refractivity (Wildman–Crippen MR) is 75.8 cm³/mol. The van der Waals surface area contributed by atoms with E-state index in [4.69, 9.17) is 11.6 Å². The highest BCUT2D eigenvalue weighted by Gasteiger charge is 2.15. The number of pyridine rings is 1. The summed E-state index contributed by atoms with van der Waals surface area (Å²) in [4.78, 5) is 4.00. The van der Waals surface area contributed by atoms with Crippen LogP contribution in [0, 0.1) is 5.82 Å². The monoisotopic (exact) mass is 278 g/mol. The van der Waals surface area contributed by atoms with Gasteiger partial charge in [-0.15, -0.1) is 0 Å². The van der Waals surface area contributed by atoms with Gasteiger partial charge in [-0.3, -0.25) is 4.98 Å². The highest BCUT2D eigenvalue weighted by molar-refractivity contribution is 6.31. The standard InChI is InChI=1S/C15H16ClFN2/c1-2-19-15(11-6-8-18-9-7-11)10-12-13(16)4-3-5-14(12)17/h3-9,15,19H,2,10H2,1H3. The van der Waals surface area contributed by atoms with Crippen LogP contribution >= 0.6 is 11.6 Å². The fraction of sp³-hybridized carbons (Fsp3) is 0.267. The van der Waals surface area contributed by atoms with Crippen LogP contribution in [0.2, 0.25) is 5.02 Å². The van der Waals surface area contributed by atoms with Gasteiger partial charge in [-0.1, -0.05) is 24.6 Å². The maximum atomic E-state index is 13.8. The van der Waals surface area contributed by atoms with Gasteiger partial charge in [0.15, 0.2) is 0 Å². The van der Waals surface area contributed by atoms with Crippen molar-refractivity contribution in [2.45, 2.75) is 19.4 Å². The van der Waals surface area contributed by atoms with E-state index in [2.05, 4.69) is 10.3 Å². The molecule has 0 aliphatic carbocycles. The first-order valence-electron chi connectivity index (χ1n) is 6.28. The molecule has 0 amide bonds. The number of nitrogens with one attached hydrogen (secondary N) is 1. The molecular formula is C15H16ClFN2. The number of rotatable bonds is 5. The summed E-state index contributed by atoms with van der Waals surface area (Å²) in [6.45, 7) is 2.83. The minimum Gasteiger partial charge on any atom is -0.310 e. The van der Waals surface area contributed by atoms with Crippen LogP contribution in [0.15, 0.2) is 42.7 Å². The molecule has 2 rings (SSSR count). The van der Waals surface area contributed by atoms with Crippen molar-refractivity contribution >= 4 is 11.6 Å². The molecule has 19 heavy (non-hydrogen) atoms. The second-order valence-electron chi connectivity index (χ2n) is 4.30. The molecule has 0 aliphatic heterocycles. The van der Waals surface area contributed by atoms with Gasteiger partial charge in [-0.05, 0) is 42.8 Å². The summed E-state index contributed by atoms with van der Waals surface area (Å²) in [5.74, 6) is -0.260. The molecule has 0 saturated carbocycles. The van der Waals surface area contributed by atoms with Gasteiger partial charge in [0.2, 0.25) is 0 Å². The first-order chi connectivity index (χ1) is 9.22. The Bertz CT molecular complexity index is 511. The summed E-state index contributed by atoms with van der Waals surface area (Å²) in [6, 6.07) is 8.68. The van der Waals surface area contributed by atoms with Crippen LogP contribution in [-0.2, 0) is 6.42 Å².